The van der Waals surface area contributed by atoms with Gasteiger partial charge in [0.15, 0.2) is 0 Å². The van der Waals surface area contributed by atoms with E-state index in [4.69, 9.17) is 5.73 Å². The SMILES string of the molecule is Cc1cccc(SC(C)c2ccccc2)c1N. The van der Waals surface area contributed by atoms with Crippen LogP contribution in [0.2, 0.25) is 0 Å². The molecule has 1 nitrogen and oxygen atoms in total. The zero-order valence-corrected chi connectivity index (χ0v) is 11.0. The first-order valence-electron chi connectivity index (χ1n) is 5.75. The van der Waals surface area contributed by atoms with Gasteiger partial charge in [-0.25, -0.2) is 0 Å². The number of anilines is 1. The molecule has 2 N–H and O–H groups in total. The van der Waals surface area contributed by atoms with Crippen molar-refractivity contribution < 1.29 is 0 Å². The Hall–Kier alpha value is -1.41. The minimum Gasteiger partial charge on any atom is -0.398 e. The Kier molecular flexibility index (Phi) is 3.75. The number of benzene rings is 2. The average molecular weight is 243 g/mol. The van der Waals surface area contributed by atoms with Crippen LogP contribution in [0.4, 0.5) is 5.69 Å². The second kappa shape index (κ2) is 5.28. The summed E-state index contributed by atoms with van der Waals surface area (Å²) >= 11 is 1.81. The number of nitrogen functional groups attached to an aromatic ring is 1. The fraction of sp³-hybridized carbons (Fsp3) is 0.200. The molecule has 2 aromatic carbocycles. The van der Waals surface area contributed by atoms with Crippen molar-refractivity contribution in [1.82, 2.24) is 0 Å². The summed E-state index contributed by atoms with van der Waals surface area (Å²) < 4.78 is 0. The third-order valence-electron chi connectivity index (χ3n) is 2.86. The molecule has 88 valence electrons. The smallest absolute Gasteiger partial charge is 0.0482 e. The Labute approximate surface area is 107 Å². The average Bonchev–Trinajstić information content (AvgIpc) is 2.36. The zero-order valence-electron chi connectivity index (χ0n) is 10.2. The highest BCUT2D eigenvalue weighted by Gasteiger charge is 2.09. The van der Waals surface area contributed by atoms with Crippen molar-refractivity contribution in [2.24, 2.45) is 0 Å². The van der Waals surface area contributed by atoms with E-state index in [1.54, 1.807) is 0 Å². The van der Waals surface area contributed by atoms with E-state index in [0.29, 0.717) is 5.25 Å². The van der Waals surface area contributed by atoms with Crippen molar-refractivity contribution in [3.8, 4) is 0 Å². The number of hydrogen-bond donors (Lipinski definition) is 1. The molecule has 0 heterocycles. The van der Waals surface area contributed by atoms with Crippen LogP contribution in [0.5, 0.6) is 0 Å². The van der Waals surface area contributed by atoms with Crippen LogP contribution in [0.15, 0.2) is 53.4 Å². The molecular formula is C15H17NS. The first-order valence-corrected chi connectivity index (χ1v) is 6.63. The normalized spacial score (nSPS) is 12.4. The maximum absolute atomic E-state index is 6.09. The third-order valence-corrected chi connectivity index (χ3v) is 4.09. The third kappa shape index (κ3) is 2.83. The van der Waals surface area contributed by atoms with Crippen molar-refractivity contribution in [2.45, 2.75) is 24.0 Å². The number of aryl methyl sites for hydroxylation is 1. The molecule has 17 heavy (non-hydrogen) atoms. The summed E-state index contributed by atoms with van der Waals surface area (Å²) in [4.78, 5) is 1.17. The van der Waals surface area contributed by atoms with Gasteiger partial charge in [0, 0.05) is 15.8 Å². The summed E-state index contributed by atoms with van der Waals surface area (Å²) in [7, 11) is 0. The van der Waals surface area contributed by atoms with E-state index in [9.17, 15) is 0 Å². The van der Waals surface area contributed by atoms with Crippen molar-refractivity contribution in [1.29, 1.82) is 0 Å². The van der Waals surface area contributed by atoms with Gasteiger partial charge in [0.1, 0.15) is 0 Å². The summed E-state index contributed by atoms with van der Waals surface area (Å²) in [5.41, 5.74) is 9.47. The lowest BCUT2D eigenvalue weighted by Gasteiger charge is -2.14. The van der Waals surface area contributed by atoms with Crippen LogP contribution in [0.25, 0.3) is 0 Å². The molecule has 0 aromatic heterocycles. The molecular weight excluding hydrogens is 226 g/mol. The maximum atomic E-state index is 6.09. The molecule has 0 radical (unpaired) electrons. The van der Waals surface area contributed by atoms with Gasteiger partial charge >= 0.3 is 0 Å². The Morgan fingerprint density at radius 2 is 1.71 bits per heavy atom. The largest absolute Gasteiger partial charge is 0.398 e. The number of nitrogens with two attached hydrogens (primary N) is 1. The highest BCUT2D eigenvalue weighted by Crippen LogP contribution is 2.38. The molecule has 2 heteroatoms. The molecule has 0 aliphatic heterocycles. The van der Waals surface area contributed by atoms with Gasteiger partial charge < -0.3 is 5.73 Å². The van der Waals surface area contributed by atoms with Crippen LogP contribution in [-0.2, 0) is 0 Å². The predicted molar refractivity (Wildman–Crippen MR) is 76.3 cm³/mol. The second-order valence-corrected chi connectivity index (χ2v) is 5.54. The predicted octanol–water partition coefficient (Wildman–Crippen LogP) is 4.43. The number of hydrogen-bond acceptors (Lipinski definition) is 2. The van der Waals surface area contributed by atoms with Crippen molar-refractivity contribution in [3.05, 3.63) is 59.7 Å². The lowest BCUT2D eigenvalue weighted by Crippen LogP contribution is -1.94. The molecule has 0 aliphatic rings. The van der Waals surface area contributed by atoms with Crippen LogP contribution in [0, 0.1) is 6.92 Å². The van der Waals surface area contributed by atoms with Crippen LogP contribution in [0.1, 0.15) is 23.3 Å². The number of para-hydroxylation sites is 1. The molecule has 0 spiro atoms. The van der Waals surface area contributed by atoms with Crippen LogP contribution >= 0.6 is 11.8 Å². The Bertz CT molecular complexity index is 494. The Morgan fingerprint density at radius 1 is 1.00 bits per heavy atom. The standard InChI is InChI=1S/C15H17NS/c1-11-7-6-10-14(15(11)16)17-12(2)13-8-4-3-5-9-13/h3-10,12H,16H2,1-2H3. The van der Waals surface area contributed by atoms with Gasteiger partial charge in [-0.1, -0.05) is 42.5 Å². The lowest BCUT2D eigenvalue weighted by molar-refractivity contribution is 1.10. The molecule has 0 fully saturated rings. The van der Waals surface area contributed by atoms with E-state index >= 15 is 0 Å². The molecule has 1 atom stereocenters. The molecule has 2 rings (SSSR count). The second-order valence-electron chi connectivity index (χ2n) is 4.16. The van der Waals surface area contributed by atoms with Gasteiger partial charge in [0.05, 0.1) is 0 Å². The Balaban J connectivity index is 2.19. The quantitative estimate of drug-likeness (QED) is 0.637. The van der Waals surface area contributed by atoms with E-state index in [-0.39, 0.29) is 0 Å². The Morgan fingerprint density at radius 3 is 2.41 bits per heavy atom. The molecule has 0 bridgehead atoms. The zero-order chi connectivity index (χ0) is 12.3. The monoisotopic (exact) mass is 243 g/mol. The van der Waals surface area contributed by atoms with E-state index in [1.165, 1.54) is 10.5 Å². The van der Waals surface area contributed by atoms with E-state index in [0.717, 1.165) is 11.3 Å². The van der Waals surface area contributed by atoms with Crippen molar-refractivity contribution >= 4 is 17.4 Å². The lowest BCUT2D eigenvalue weighted by atomic mass is 10.2. The van der Waals surface area contributed by atoms with E-state index < -0.39 is 0 Å². The van der Waals surface area contributed by atoms with Crippen molar-refractivity contribution in [2.75, 3.05) is 5.73 Å². The van der Waals surface area contributed by atoms with E-state index in [2.05, 4.69) is 43.3 Å². The number of rotatable bonds is 3. The molecule has 0 saturated carbocycles. The van der Waals surface area contributed by atoms with Gasteiger partial charge in [0.25, 0.3) is 0 Å². The van der Waals surface area contributed by atoms with Crippen LogP contribution in [-0.4, -0.2) is 0 Å². The minimum absolute atomic E-state index is 0.417. The molecule has 0 aliphatic carbocycles. The van der Waals surface area contributed by atoms with Gasteiger partial charge in [0.2, 0.25) is 0 Å². The van der Waals surface area contributed by atoms with Crippen molar-refractivity contribution in [3.63, 3.8) is 0 Å². The highest BCUT2D eigenvalue weighted by molar-refractivity contribution is 7.99. The molecule has 2 aromatic rings. The maximum Gasteiger partial charge on any atom is 0.0482 e. The van der Waals surface area contributed by atoms with Gasteiger partial charge in [-0.15, -0.1) is 11.8 Å². The van der Waals surface area contributed by atoms with Crippen LogP contribution < -0.4 is 5.73 Å². The van der Waals surface area contributed by atoms with Crippen LogP contribution in [0.3, 0.4) is 0 Å². The summed E-state index contributed by atoms with van der Waals surface area (Å²) in [5.74, 6) is 0. The summed E-state index contributed by atoms with van der Waals surface area (Å²) in [5, 5.41) is 0.417. The fourth-order valence-electron chi connectivity index (χ4n) is 1.74. The minimum atomic E-state index is 0.417. The molecule has 0 saturated heterocycles. The molecule has 1 unspecified atom stereocenters. The summed E-state index contributed by atoms with van der Waals surface area (Å²) in [6.45, 7) is 4.26. The topological polar surface area (TPSA) is 26.0 Å². The summed E-state index contributed by atoms with van der Waals surface area (Å²) in [6, 6.07) is 16.7. The van der Waals surface area contributed by atoms with E-state index in [1.807, 2.05) is 30.8 Å². The molecule has 0 amide bonds. The number of thioether (sulfide) groups is 1. The first-order chi connectivity index (χ1) is 8.18. The van der Waals surface area contributed by atoms with Gasteiger partial charge in [-0.3, -0.25) is 0 Å². The highest BCUT2D eigenvalue weighted by atomic mass is 32.2. The first kappa shape index (κ1) is 12.1. The fourth-order valence-corrected chi connectivity index (χ4v) is 2.86. The van der Waals surface area contributed by atoms with Gasteiger partial charge in [-0.2, -0.15) is 0 Å². The summed E-state index contributed by atoms with van der Waals surface area (Å²) in [6.07, 6.45) is 0. The van der Waals surface area contributed by atoms with Gasteiger partial charge in [-0.05, 0) is 31.0 Å².